The van der Waals surface area contributed by atoms with Gasteiger partial charge in [-0.3, -0.25) is 0 Å². The highest BCUT2D eigenvalue weighted by atomic mass is 19.4. The van der Waals surface area contributed by atoms with Gasteiger partial charge >= 0.3 is 12.2 Å². The summed E-state index contributed by atoms with van der Waals surface area (Å²) in [6.45, 7) is 0.295. The predicted octanol–water partition coefficient (Wildman–Crippen LogP) is 3.57. The first-order valence-electron chi connectivity index (χ1n) is 7.91. The Hall–Kier alpha value is -3.21. The fourth-order valence-corrected chi connectivity index (χ4v) is 2.00. The van der Waals surface area contributed by atoms with Crippen LogP contribution in [0.4, 0.5) is 22.4 Å². The third kappa shape index (κ3) is 7.28. The molecule has 142 valence electrons. The monoisotopic (exact) mass is 380 g/mol. The molecule has 0 aliphatic rings. The molecule has 0 spiro atoms. The van der Waals surface area contributed by atoms with E-state index in [1.54, 1.807) is 6.07 Å². The highest BCUT2D eigenvalue weighted by Crippen LogP contribution is 2.29. The molecule has 0 radical (unpaired) electrons. The van der Waals surface area contributed by atoms with E-state index in [2.05, 4.69) is 22.5 Å². The average Bonchev–Trinajstić information content (AvgIpc) is 2.62. The number of urea groups is 1. The standard InChI is InChI=1S/C19H16F4N2O2/c20-16-7-2-8-17(13-16)27-11-10-25-18(26)24-9-3-5-14-4-1-6-15(12-14)19(21,22)23/h1-2,4,6-8,12-13H,9-11H2,(H2,24,25,26). The first kappa shape index (κ1) is 20.1. The van der Waals surface area contributed by atoms with Crippen molar-refractivity contribution in [3.8, 4) is 17.6 Å². The number of nitrogens with one attached hydrogen (secondary N) is 2. The summed E-state index contributed by atoms with van der Waals surface area (Å²) in [4.78, 5) is 11.6. The topological polar surface area (TPSA) is 50.4 Å². The first-order valence-corrected chi connectivity index (χ1v) is 7.91. The van der Waals surface area contributed by atoms with E-state index in [0.717, 1.165) is 12.1 Å². The molecule has 2 amide bonds. The van der Waals surface area contributed by atoms with E-state index in [1.807, 2.05) is 0 Å². The molecule has 0 aromatic heterocycles. The van der Waals surface area contributed by atoms with Crippen molar-refractivity contribution in [3.63, 3.8) is 0 Å². The first-order chi connectivity index (χ1) is 12.8. The molecular formula is C19H16F4N2O2. The minimum atomic E-state index is -4.43. The zero-order chi connectivity index (χ0) is 19.7. The van der Waals surface area contributed by atoms with Gasteiger partial charge in [-0.05, 0) is 30.3 Å². The molecular weight excluding hydrogens is 364 g/mol. The molecule has 0 unspecified atom stereocenters. The molecule has 0 heterocycles. The molecule has 27 heavy (non-hydrogen) atoms. The summed E-state index contributed by atoms with van der Waals surface area (Å²) in [7, 11) is 0. The fourth-order valence-electron chi connectivity index (χ4n) is 2.00. The highest BCUT2D eigenvalue weighted by molar-refractivity contribution is 5.74. The lowest BCUT2D eigenvalue weighted by Gasteiger charge is -2.08. The summed E-state index contributed by atoms with van der Waals surface area (Å²) in [5.41, 5.74) is -0.575. The Morgan fingerprint density at radius 1 is 1.07 bits per heavy atom. The maximum Gasteiger partial charge on any atom is 0.416 e. The van der Waals surface area contributed by atoms with Crippen LogP contribution in [0.25, 0.3) is 0 Å². The second kappa shape index (κ2) is 9.48. The Bertz CT molecular complexity index is 841. The van der Waals surface area contributed by atoms with Gasteiger partial charge in [0.25, 0.3) is 0 Å². The Morgan fingerprint density at radius 2 is 1.85 bits per heavy atom. The smallest absolute Gasteiger partial charge is 0.416 e. The van der Waals surface area contributed by atoms with Gasteiger partial charge < -0.3 is 15.4 Å². The van der Waals surface area contributed by atoms with E-state index in [9.17, 15) is 22.4 Å². The molecule has 2 aromatic rings. The van der Waals surface area contributed by atoms with Gasteiger partial charge in [-0.1, -0.05) is 24.0 Å². The number of amides is 2. The van der Waals surface area contributed by atoms with Gasteiger partial charge in [0.2, 0.25) is 0 Å². The van der Waals surface area contributed by atoms with Crippen molar-refractivity contribution in [2.45, 2.75) is 6.18 Å². The van der Waals surface area contributed by atoms with Gasteiger partial charge in [-0.25, -0.2) is 9.18 Å². The molecule has 2 N–H and O–H groups in total. The van der Waals surface area contributed by atoms with E-state index in [1.165, 1.54) is 30.3 Å². The van der Waals surface area contributed by atoms with Crippen molar-refractivity contribution in [3.05, 3.63) is 65.5 Å². The van der Waals surface area contributed by atoms with Gasteiger partial charge in [-0.15, -0.1) is 0 Å². The minimum absolute atomic E-state index is 0.0349. The van der Waals surface area contributed by atoms with Crippen molar-refractivity contribution in [2.24, 2.45) is 0 Å². The summed E-state index contributed by atoms with van der Waals surface area (Å²) in [6, 6.07) is 9.73. The van der Waals surface area contributed by atoms with Crippen LogP contribution in [0.3, 0.4) is 0 Å². The zero-order valence-corrected chi connectivity index (χ0v) is 14.1. The molecule has 2 rings (SSSR count). The van der Waals surface area contributed by atoms with Crippen LogP contribution in [0.1, 0.15) is 11.1 Å². The molecule has 2 aromatic carbocycles. The third-order valence-corrected chi connectivity index (χ3v) is 3.21. The summed E-state index contributed by atoms with van der Waals surface area (Å²) >= 11 is 0. The zero-order valence-electron chi connectivity index (χ0n) is 14.1. The van der Waals surface area contributed by atoms with Crippen molar-refractivity contribution in [1.82, 2.24) is 10.6 Å². The Morgan fingerprint density at radius 3 is 2.59 bits per heavy atom. The predicted molar refractivity (Wildman–Crippen MR) is 91.6 cm³/mol. The van der Waals surface area contributed by atoms with Gasteiger partial charge in [0.15, 0.2) is 0 Å². The molecule has 0 saturated carbocycles. The molecule has 0 aliphatic heterocycles. The quantitative estimate of drug-likeness (QED) is 0.473. The number of carbonyl (C=O) groups excluding carboxylic acids is 1. The van der Waals surface area contributed by atoms with Crippen LogP contribution in [0.2, 0.25) is 0 Å². The van der Waals surface area contributed by atoms with Crippen molar-refractivity contribution < 1.29 is 27.1 Å². The highest BCUT2D eigenvalue weighted by Gasteiger charge is 2.30. The number of hydrogen-bond acceptors (Lipinski definition) is 2. The van der Waals surface area contributed by atoms with Crippen LogP contribution in [0.15, 0.2) is 48.5 Å². The van der Waals surface area contributed by atoms with Crippen molar-refractivity contribution in [1.29, 1.82) is 0 Å². The van der Waals surface area contributed by atoms with Crippen LogP contribution < -0.4 is 15.4 Å². The van der Waals surface area contributed by atoms with E-state index < -0.39 is 23.6 Å². The summed E-state index contributed by atoms with van der Waals surface area (Å²) < 4.78 is 56.0. The molecule has 0 fully saturated rings. The molecule has 8 heteroatoms. The normalized spacial score (nSPS) is 10.5. The van der Waals surface area contributed by atoms with E-state index >= 15 is 0 Å². The van der Waals surface area contributed by atoms with Crippen LogP contribution in [0, 0.1) is 17.7 Å². The fraction of sp³-hybridized carbons (Fsp3) is 0.211. The maximum absolute atomic E-state index is 13.0. The summed E-state index contributed by atoms with van der Waals surface area (Å²) in [5.74, 6) is 5.06. The molecule has 0 bridgehead atoms. The van der Waals surface area contributed by atoms with E-state index in [4.69, 9.17) is 4.74 Å². The number of halogens is 4. The lowest BCUT2D eigenvalue weighted by Crippen LogP contribution is -2.37. The van der Waals surface area contributed by atoms with Crippen molar-refractivity contribution >= 4 is 6.03 Å². The number of carbonyl (C=O) groups is 1. The Labute approximate surface area is 153 Å². The largest absolute Gasteiger partial charge is 0.492 e. The molecule has 0 aliphatic carbocycles. The second-order valence-electron chi connectivity index (χ2n) is 5.30. The SMILES string of the molecule is O=C(NCC#Cc1cccc(C(F)(F)F)c1)NCCOc1cccc(F)c1. The van der Waals surface area contributed by atoms with Crippen molar-refractivity contribution in [2.75, 3.05) is 19.7 Å². The van der Waals surface area contributed by atoms with Crippen LogP contribution in [-0.4, -0.2) is 25.7 Å². The number of alkyl halides is 3. The Balaban J connectivity index is 1.69. The second-order valence-corrected chi connectivity index (χ2v) is 5.30. The van der Waals surface area contributed by atoms with Crippen LogP contribution in [0.5, 0.6) is 5.75 Å². The number of hydrogen-bond donors (Lipinski definition) is 2. The number of benzene rings is 2. The average molecular weight is 380 g/mol. The summed E-state index contributed by atoms with van der Waals surface area (Å²) in [5, 5.41) is 4.95. The maximum atomic E-state index is 13.0. The van der Waals surface area contributed by atoms with Gasteiger partial charge in [0.1, 0.15) is 18.2 Å². The number of ether oxygens (including phenoxy) is 1. The molecule has 0 saturated heterocycles. The third-order valence-electron chi connectivity index (χ3n) is 3.21. The molecule has 0 atom stereocenters. The van der Waals surface area contributed by atoms with Crippen LogP contribution in [-0.2, 0) is 6.18 Å². The molecule has 4 nitrogen and oxygen atoms in total. The van der Waals surface area contributed by atoms with E-state index in [-0.39, 0.29) is 25.3 Å². The summed E-state index contributed by atoms with van der Waals surface area (Å²) in [6.07, 6.45) is -4.43. The minimum Gasteiger partial charge on any atom is -0.492 e. The lowest BCUT2D eigenvalue weighted by molar-refractivity contribution is -0.137. The Kier molecular flexibility index (Phi) is 7.06. The van der Waals surface area contributed by atoms with E-state index in [0.29, 0.717) is 5.75 Å². The van der Waals surface area contributed by atoms with Gasteiger partial charge in [0.05, 0.1) is 18.7 Å². The van der Waals surface area contributed by atoms with Crippen LogP contribution >= 0.6 is 0 Å². The lowest BCUT2D eigenvalue weighted by atomic mass is 10.1. The number of rotatable bonds is 5. The van der Waals surface area contributed by atoms with Gasteiger partial charge in [0, 0.05) is 11.6 Å². The van der Waals surface area contributed by atoms with Gasteiger partial charge in [-0.2, -0.15) is 13.2 Å².